The van der Waals surface area contributed by atoms with Gasteiger partial charge in [-0.3, -0.25) is 9.00 Å². The lowest BCUT2D eigenvalue weighted by Gasteiger charge is -2.32. The SMILES string of the molecule is Cc1ccc(Nc2nccc(-c3ccc4c(c3)C(C)(C)CNC4=O)n2)cc1CS(C)=O. The second-order valence-electron chi connectivity index (χ2n) is 8.58. The molecule has 0 aliphatic carbocycles. The number of nitrogens with one attached hydrogen (secondary N) is 2. The fourth-order valence-corrected chi connectivity index (χ4v) is 4.53. The van der Waals surface area contributed by atoms with Crippen molar-refractivity contribution >= 4 is 28.3 Å². The Hall–Kier alpha value is -3.06. The predicted molar refractivity (Wildman–Crippen MR) is 125 cm³/mol. The minimum absolute atomic E-state index is 0.0332. The number of amides is 1. The zero-order valence-corrected chi connectivity index (χ0v) is 19.0. The third-order valence-corrected chi connectivity index (χ3v) is 6.32. The largest absolute Gasteiger partial charge is 0.351 e. The fourth-order valence-electron chi connectivity index (χ4n) is 3.79. The molecule has 7 heteroatoms. The lowest BCUT2D eigenvalue weighted by molar-refractivity contribution is 0.0930. The molecule has 0 saturated carbocycles. The van der Waals surface area contributed by atoms with Crippen LogP contribution in [0.25, 0.3) is 11.3 Å². The number of carbonyl (C=O) groups excluding carboxylic acids is 1. The summed E-state index contributed by atoms with van der Waals surface area (Å²) < 4.78 is 11.6. The summed E-state index contributed by atoms with van der Waals surface area (Å²) in [5.74, 6) is 0.967. The molecule has 1 atom stereocenters. The third kappa shape index (κ3) is 4.51. The van der Waals surface area contributed by atoms with Gasteiger partial charge >= 0.3 is 0 Å². The first-order valence-electron chi connectivity index (χ1n) is 10.2. The Bertz CT molecular complexity index is 1190. The Balaban J connectivity index is 1.64. The summed E-state index contributed by atoms with van der Waals surface area (Å²) in [7, 11) is -0.908. The maximum atomic E-state index is 12.2. The summed E-state index contributed by atoms with van der Waals surface area (Å²) in [6.45, 7) is 6.87. The molecule has 2 N–H and O–H groups in total. The van der Waals surface area contributed by atoms with Gasteiger partial charge in [-0.25, -0.2) is 9.97 Å². The van der Waals surface area contributed by atoms with E-state index >= 15 is 0 Å². The van der Waals surface area contributed by atoms with E-state index in [9.17, 15) is 9.00 Å². The molecule has 4 rings (SSSR count). The molecular weight excluding hydrogens is 408 g/mol. The van der Waals surface area contributed by atoms with Crippen LogP contribution in [-0.4, -0.2) is 32.9 Å². The molecule has 2 aromatic carbocycles. The van der Waals surface area contributed by atoms with Crippen LogP contribution in [0.1, 0.15) is 40.9 Å². The van der Waals surface area contributed by atoms with E-state index in [1.807, 2.05) is 43.3 Å². The first-order chi connectivity index (χ1) is 14.7. The van der Waals surface area contributed by atoms with Gasteiger partial charge in [-0.05, 0) is 53.9 Å². The third-order valence-electron chi connectivity index (χ3n) is 5.60. The Morgan fingerprint density at radius 3 is 2.74 bits per heavy atom. The van der Waals surface area contributed by atoms with E-state index in [1.54, 1.807) is 12.5 Å². The number of hydrogen-bond acceptors (Lipinski definition) is 5. The van der Waals surface area contributed by atoms with Crippen LogP contribution in [-0.2, 0) is 22.0 Å². The van der Waals surface area contributed by atoms with Gasteiger partial charge < -0.3 is 10.6 Å². The van der Waals surface area contributed by atoms with Gasteiger partial charge in [0, 0.05) is 57.8 Å². The Labute approximate surface area is 185 Å². The van der Waals surface area contributed by atoms with E-state index in [-0.39, 0.29) is 11.3 Å². The zero-order valence-electron chi connectivity index (χ0n) is 18.2. The molecule has 1 aliphatic heterocycles. The standard InChI is InChI=1S/C24H26N4O2S/c1-15-5-7-18(11-17(15)13-31(4)30)27-23-25-10-9-21(28-23)16-6-8-19-20(12-16)24(2,3)14-26-22(19)29/h5-12H,13-14H2,1-4H3,(H,26,29)(H,25,27,28). The highest BCUT2D eigenvalue weighted by Gasteiger charge is 2.31. The van der Waals surface area contributed by atoms with Crippen molar-refractivity contribution in [3.8, 4) is 11.3 Å². The second kappa shape index (κ2) is 8.23. The van der Waals surface area contributed by atoms with Gasteiger partial charge in [0.25, 0.3) is 5.91 Å². The maximum Gasteiger partial charge on any atom is 0.251 e. The quantitative estimate of drug-likeness (QED) is 0.632. The summed E-state index contributed by atoms with van der Waals surface area (Å²) in [5.41, 5.74) is 6.32. The lowest BCUT2D eigenvalue weighted by atomic mass is 9.78. The van der Waals surface area contributed by atoms with Crippen molar-refractivity contribution in [3.63, 3.8) is 0 Å². The highest BCUT2D eigenvalue weighted by molar-refractivity contribution is 7.83. The normalized spacial score (nSPS) is 15.7. The monoisotopic (exact) mass is 434 g/mol. The average Bonchev–Trinajstić information content (AvgIpc) is 2.73. The van der Waals surface area contributed by atoms with Gasteiger partial charge in [-0.15, -0.1) is 0 Å². The molecule has 6 nitrogen and oxygen atoms in total. The van der Waals surface area contributed by atoms with Gasteiger partial charge in [0.1, 0.15) is 0 Å². The molecule has 3 aromatic rings. The zero-order chi connectivity index (χ0) is 22.2. The van der Waals surface area contributed by atoms with Crippen LogP contribution in [0.4, 0.5) is 11.6 Å². The number of aromatic nitrogens is 2. The highest BCUT2D eigenvalue weighted by atomic mass is 32.2. The van der Waals surface area contributed by atoms with E-state index in [4.69, 9.17) is 0 Å². The van der Waals surface area contributed by atoms with Gasteiger partial charge in [0.05, 0.1) is 5.69 Å². The summed E-state index contributed by atoms with van der Waals surface area (Å²) >= 11 is 0. The van der Waals surface area contributed by atoms with E-state index < -0.39 is 10.8 Å². The molecular formula is C24H26N4O2S. The molecule has 1 unspecified atom stereocenters. The molecule has 31 heavy (non-hydrogen) atoms. The van der Waals surface area contributed by atoms with Crippen LogP contribution in [0.5, 0.6) is 0 Å². The summed E-state index contributed by atoms with van der Waals surface area (Å²) in [6.07, 6.45) is 3.42. The molecule has 2 heterocycles. The average molecular weight is 435 g/mol. The molecule has 1 amide bonds. The van der Waals surface area contributed by atoms with E-state index in [2.05, 4.69) is 40.5 Å². The molecule has 0 saturated heterocycles. The number of rotatable bonds is 5. The predicted octanol–water partition coefficient (Wildman–Crippen LogP) is 4.10. The van der Waals surface area contributed by atoms with Crippen molar-refractivity contribution in [2.45, 2.75) is 31.9 Å². The second-order valence-corrected chi connectivity index (χ2v) is 10.0. The van der Waals surface area contributed by atoms with Crippen molar-refractivity contribution < 1.29 is 9.00 Å². The topological polar surface area (TPSA) is 84.0 Å². The molecule has 1 aromatic heterocycles. The number of carbonyl (C=O) groups is 1. The Kier molecular flexibility index (Phi) is 5.62. The minimum Gasteiger partial charge on any atom is -0.351 e. The van der Waals surface area contributed by atoms with Crippen LogP contribution in [0.3, 0.4) is 0 Å². The van der Waals surface area contributed by atoms with Gasteiger partial charge in [0.2, 0.25) is 5.95 Å². The van der Waals surface area contributed by atoms with E-state index in [1.165, 1.54) is 0 Å². The Morgan fingerprint density at radius 1 is 1.16 bits per heavy atom. The van der Waals surface area contributed by atoms with Crippen molar-refractivity contribution in [3.05, 3.63) is 70.9 Å². The van der Waals surface area contributed by atoms with Crippen LogP contribution < -0.4 is 10.6 Å². The first kappa shape index (κ1) is 21.2. The number of hydrogen-bond donors (Lipinski definition) is 2. The maximum absolute atomic E-state index is 12.2. The number of benzene rings is 2. The highest BCUT2D eigenvalue weighted by Crippen LogP contribution is 2.33. The molecule has 0 fully saturated rings. The van der Waals surface area contributed by atoms with Gasteiger partial charge in [-0.1, -0.05) is 26.0 Å². The Morgan fingerprint density at radius 2 is 1.97 bits per heavy atom. The minimum atomic E-state index is -0.908. The van der Waals surface area contributed by atoms with E-state index in [0.29, 0.717) is 23.8 Å². The first-order valence-corrected chi connectivity index (χ1v) is 11.9. The fraction of sp³-hybridized carbons (Fsp3) is 0.292. The summed E-state index contributed by atoms with van der Waals surface area (Å²) in [4.78, 5) is 21.3. The van der Waals surface area contributed by atoms with Crippen molar-refractivity contribution in [1.29, 1.82) is 0 Å². The van der Waals surface area contributed by atoms with Crippen molar-refractivity contribution in [2.24, 2.45) is 0 Å². The van der Waals surface area contributed by atoms with Crippen molar-refractivity contribution in [1.82, 2.24) is 15.3 Å². The summed E-state index contributed by atoms with van der Waals surface area (Å²) in [5, 5.41) is 6.21. The van der Waals surface area contributed by atoms with Gasteiger partial charge in [-0.2, -0.15) is 0 Å². The number of fused-ring (bicyclic) bond motifs is 1. The molecule has 0 radical (unpaired) electrons. The smallest absolute Gasteiger partial charge is 0.251 e. The summed E-state index contributed by atoms with van der Waals surface area (Å²) in [6, 6.07) is 13.7. The molecule has 0 bridgehead atoms. The number of aryl methyl sites for hydroxylation is 1. The van der Waals surface area contributed by atoms with E-state index in [0.717, 1.165) is 33.6 Å². The molecule has 160 valence electrons. The molecule has 0 spiro atoms. The van der Waals surface area contributed by atoms with Crippen LogP contribution >= 0.6 is 0 Å². The number of anilines is 2. The van der Waals surface area contributed by atoms with Crippen LogP contribution in [0.15, 0.2) is 48.7 Å². The van der Waals surface area contributed by atoms with Crippen molar-refractivity contribution in [2.75, 3.05) is 18.1 Å². The molecule has 1 aliphatic rings. The van der Waals surface area contributed by atoms with Crippen LogP contribution in [0, 0.1) is 6.92 Å². The number of nitrogens with zero attached hydrogens (tertiary/aromatic N) is 2. The van der Waals surface area contributed by atoms with Gasteiger partial charge in [0.15, 0.2) is 0 Å². The lowest BCUT2D eigenvalue weighted by Crippen LogP contribution is -2.43. The van der Waals surface area contributed by atoms with Crippen LogP contribution in [0.2, 0.25) is 0 Å².